The van der Waals surface area contributed by atoms with E-state index in [-0.39, 0.29) is 0 Å². The van der Waals surface area contributed by atoms with Crippen LogP contribution >= 0.6 is 0 Å². The van der Waals surface area contributed by atoms with Gasteiger partial charge in [-0.25, -0.2) is 0 Å². The van der Waals surface area contributed by atoms with Crippen molar-refractivity contribution in [3.05, 3.63) is 0 Å². The van der Waals surface area contributed by atoms with Crippen molar-refractivity contribution in [2.75, 3.05) is 0 Å². The van der Waals surface area contributed by atoms with Crippen LogP contribution in [0.1, 0.15) is 0 Å². The van der Waals surface area contributed by atoms with Crippen LogP contribution in [0.4, 0.5) is 0 Å². The van der Waals surface area contributed by atoms with Crippen LogP contribution in [0.15, 0.2) is 0 Å². The maximum absolute atomic E-state index is 10.1. The zero-order valence-electron chi connectivity index (χ0n) is 5.63. The molecule has 7 nitrogen and oxygen atoms in total. The molecule has 3 N–H and O–H groups in total. The van der Waals surface area contributed by atoms with Gasteiger partial charge in [0.05, 0.1) is 5.97 Å². The maximum Gasteiger partial charge on any atom is 0.321 e. The molecule has 0 saturated carbocycles. The lowest BCUT2D eigenvalue weighted by atomic mass is 10.0. The minimum absolute atomic E-state index is 1.93. The summed E-state index contributed by atoms with van der Waals surface area (Å²) in [6.45, 7) is 0. The smallest absolute Gasteiger partial charge is 0.321 e. The predicted octanol–water partition coefficient (Wildman–Crippen LogP) is -3.12. The number of aliphatic carboxylic acids is 3. The van der Waals surface area contributed by atoms with E-state index in [1.807, 2.05) is 0 Å². The summed E-state index contributed by atoms with van der Waals surface area (Å²) in [4.78, 5) is 30.0. The Kier molecular flexibility index (Phi) is 3.17. The van der Waals surface area contributed by atoms with Crippen molar-refractivity contribution in [1.82, 2.24) is 0 Å². The molecule has 0 aliphatic rings. The van der Waals surface area contributed by atoms with Gasteiger partial charge in [0.15, 0.2) is 5.92 Å². The third kappa shape index (κ3) is 2.20. The Morgan fingerprint density at radius 3 is 1.50 bits per heavy atom. The van der Waals surface area contributed by atoms with Crippen molar-refractivity contribution in [2.45, 2.75) is 6.10 Å². The first-order valence-corrected chi connectivity index (χ1v) is 2.72. The molecule has 0 saturated heterocycles. The number of hydrogen-bond acceptors (Lipinski definition) is 5. The molecule has 0 spiro atoms. The number of carbonyl (C=O) groups excluding carboxylic acids is 1. The number of rotatable bonds is 4. The summed E-state index contributed by atoms with van der Waals surface area (Å²) in [6.07, 6.45) is -2.54. The fourth-order valence-corrected chi connectivity index (χ4v) is 0.512. The van der Waals surface area contributed by atoms with E-state index in [4.69, 9.17) is 15.3 Å². The third-order valence-corrected chi connectivity index (χ3v) is 1.09. The Hall–Kier alpha value is -1.63. The van der Waals surface area contributed by atoms with Crippen LogP contribution in [0.5, 0.6) is 0 Å². The summed E-state index contributed by atoms with van der Waals surface area (Å²) in [6, 6.07) is 0. The minimum atomic E-state index is -2.54. The van der Waals surface area contributed by atoms with Crippen molar-refractivity contribution < 1.29 is 34.8 Å². The second kappa shape index (κ2) is 3.67. The molecular weight excluding hydrogens is 172 g/mol. The quantitative estimate of drug-likeness (QED) is 0.386. The Morgan fingerprint density at radius 1 is 1.08 bits per heavy atom. The Balaban J connectivity index is 4.63. The summed E-state index contributed by atoms with van der Waals surface area (Å²) in [7, 11) is 0. The van der Waals surface area contributed by atoms with Gasteiger partial charge in [0.2, 0.25) is 0 Å². The zero-order chi connectivity index (χ0) is 9.89. The molecule has 0 aromatic carbocycles. The average Bonchev–Trinajstić information content (AvgIpc) is 1.85. The highest BCUT2D eigenvalue weighted by Crippen LogP contribution is 2.03. The number of carboxylic acids is 3. The monoisotopic (exact) mass is 177 g/mol. The van der Waals surface area contributed by atoms with Gasteiger partial charge in [-0.2, -0.15) is 0 Å². The van der Waals surface area contributed by atoms with Gasteiger partial charge in [-0.3, -0.25) is 9.59 Å². The van der Waals surface area contributed by atoms with Gasteiger partial charge in [-0.1, -0.05) is 0 Å². The summed E-state index contributed by atoms with van der Waals surface area (Å²) >= 11 is 0. The summed E-state index contributed by atoms with van der Waals surface area (Å²) in [5.41, 5.74) is 0. The van der Waals surface area contributed by atoms with E-state index in [1.54, 1.807) is 0 Å². The lowest BCUT2D eigenvalue weighted by molar-refractivity contribution is -0.316. The van der Waals surface area contributed by atoms with Crippen LogP contribution in [0.2, 0.25) is 0 Å². The lowest BCUT2D eigenvalue weighted by Gasteiger charge is -2.15. The standard InChI is InChI=1S/C5H6O7/c6-2(5(11)12)1(3(7)8)4(9)10/h1-2,6H,(H,7,8)(H,9,10)(H,11,12)/p-1. The maximum atomic E-state index is 10.1. The predicted molar refractivity (Wildman–Crippen MR) is 29.8 cm³/mol. The zero-order valence-corrected chi connectivity index (χ0v) is 5.63. The molecule has 0 fully saturated rings. The van der Waals surface area contributed by atoms with Crippen molar-refractivity contribution in [3.8, 4) is 0 Å². The number of aliphatic hydroxyl groups excluding tert-OH is 1. The molecule has 1 unspecified atom stereocenters. The molecule has 0 aliphatic carbocycles. The molecule has 1 atom stereocenters. The van der Waals surface area contributed by atoms with Crippen molar-refractivity contribution in [1.29, 1.82) is 0 Å². The third-order valence-electron chi connectivity index (χ3n) is 1.09. The normalized spacial score (nSPS) is 12.5. The molecule has 0 heterocycles. The van der Waals surface area contributed by atoms with E-state index >= 15 is 0 Å². The molecule has 0 aromatic heterocycles. The van der Waals surface area contributed by atoms with E-state index in [0.717, 1.165) is 0 Å². The van der Waals surface area contributed by atoms with Crippen LogP contribution in [-0.2, 0) is 14.4 Å². The van der Waals surface area contributed by atoms with Crippen molar-refractivity contribution >= 4 is 17.9 Å². The molecular formula is C5H5O7-. The topological polar surface area (TPSA) is 135 Å². The molecule has 7 heteroatoms. The number of hydrogen-bond donors (Lipinski definition) is 3. The van der Waals surface area contributed by atoms with Crippen LogP contribution in [-0.4, -0.2) is 39.3 Å². The molecule has 0 bridgehead atoms. The summed E-state index contributed by atoms with van der Waals surface area (Å²) in [5.74, 6) is -8.39. The molecule has 12 heavy (non-hydrogen) atoms. The van der Waals surface area contributed by atoms with Gasteiger partial charge in [-0.05, 0) is 0 Å². The first-order chi connectivity index (χ1) is 5.37. The van der Waals surface area contributed by atoms with Crippen molar-refractivity contribution in [2.24, 2.45) is 5.92 Å². The van der Waals surface area contributed by atoms with E-state index < -0.39 is 29.9 Å². The average molecular weight is 177 g/mol. The Labute approximate surface area is 65.9 Å². The van der Waals surface area contributed by atoms with Gasteiger partial charge in [0.25, 0.3) is 0 Å². The largest absolute Gasteiger partial charge is 0.547 e. The second-order valence-electron chi connectivity index (χ2n) is 1.92. The summed E-state index contributed by atoms with van der Waals surface area (Å²) < 4.78 is 0. The van der Waals surface area contributed by atoms with Gasteiger partial charge in [0.1, 0.15) is 6.10 Å². The first kappa shape index (κ1) is 10.4. The number of aliphatic hydroxyl groups is 1. The Morgan fingerprint density at radius 2 is 1.42 bits per heavy atom. The lowest BCUT2D eigenvalue weighted by Crippen LogP contribution is -2.46. The molecule has 0 amide bonds. The highest BCUT2D eigenvalue weighted by molar-refractivity contribution is 5.97. The van der Waals surface area contributed by atoms with Gasteiger partial charge in [-0.15, -0.1) is 0 Å². The molecule has 0 radical (unpaired) electrons. The number of carboxylic acid groups (broad SMARTS) is 3. The highest BCUT2D eigenvalue weighted by atomic mass is 16.4. The fourth-order valence-electron chi connectivity index (χ4n) is 0.512. The second-order valence-corrected chi connectivity index (χ2v) is 1.92. The SMILES string of the molecule is O=C([O-])C(O)C(C(=O)O)C(=O)O. The van der Waals surface area contributed by atoms with E-state index in [0.29, 0.717) is 0 Å². The van der Waals surface area contributed by atoms with Crippen molar-refractivity contribution in [3.63, 3.8) is 0 Å². The van der Waals surface area contributed by atoms with Crippen LogP contribution in [0.25, 0.3) is 0 Å². The number of carbonyl (C=O) groups is 3. The molecule has 68 valence electrons. The fraction of sp³-hybridized carbons (Fsp3) is 0.400. The first-order valence-electron chi connectivity index (χ1n) is 2.72. The van der Waals surface area contributed by atoms with Gasteiger partial charge in [0, 0.05) is 0 Å². The molecule has 0 aromatic rings. The van der Waals surface area contributed by atoms with Crippen LogP contribution < -0.4 is 5.11 Å². The minimum Gasteiger partial charge on any atom is -0.547 e. The molecule has 0 aliphatic heterocycles. The van der Waals surface area contributed by atoms with Gasteiger partial charge < -0.3 is 25.2 Å². The van der Waals surface area contributed by atoms with E-state index in [1.165, 1.54) is 0 Å². The van der Waals surface area contributed by atoms with Gasteiger partial charge >= 0.3 is 11.9 Å². The Bertz CT molecular complexity index is 206. The summed E-state index contributed by atoms with van der Waals surface area (Å²) in [5, 5.41) is 34.6. The highest BCUT2D eigenvalue weighted by Gasteiger charge is 2.34. The van der Waals surface area contributed by atoms with Crippen LogP contribution in [0, 0.1) is 5.92 Å². The van der Waals surface area contributed by atoms with E-state index in [9.17, 15) is 19.5 Å². The van der Waals surface area contributed by atoms with Crippen LogP contribution in [0.3, 0.4) is 0 Å². The molecule has 0 rings (SSSR count). The van der Waals surface area contributed by atoms with E-state index in [2.05, 4.69) is 0 Å².